The Kier molecular flexibility index (Phi) is 16.4. The van der Waals surface area contributed by atoms with Crippen LogP contribution in [-0.4, -0.2) is 5.91 Å². The SMILES string of the molecule is C/C(=C\CC/C=C(\C)CC/C=C(\C)CCC(N)=O)CC/C=C(\C)CCCC(C)C. The number of hydrogen-bond donors (Lipinski definition) is 1. The summed E-state index contributed by atoms with van der Waals surface area (Å²) in [6, 6.07) is 0. The molecule has 0 unspecified atom stereocenters. The van der Waals surface area contributed by atoms with E-state index in [-0.39, 0.29) is 5.91 Å². The van der Waals surface area contributed by atoms with E-state index >= 15 is 0 Å². The largest absolute Gasteiger partial charge is 0.370 e. The lowest BCUT2D eigenvalue weighted by Gasteiger charge is -2.05. The van der Waals surface area contributed by atoms with Gasteiger partial charge in [0, 0.05) is 6.42 Å². The summed E-state index contributed by atoms with van der Waals surface area (Å²) in [5.41, 5.74) is 11.0. The van der Waals surface area contributed by atoms with Gasteiger partial charge in [-0.1, -0.05) is 66.9 Å². The molecule has 0 heterocycles. The molecule has 0 aromatic rings. The molecule has 0 radical (unpaired) electrons. The molecule has 0 rings (SSSR count). The van der Waals surface area contributed by atoms with Gasteiger partial charge in [-0.15, -0.1) is 0 Å². The Morgan fingerprint density at radius 3 is 1.52 bits per heavy atom. The van der Waals surface area contributed by atoms with E-state index < -0.39 is 0 Å². The van der Waals surface area contributed by atoms with E-state index in [1.807, 2.05) is 0 Å². The van der Waals surface area contributed by atoms with E-state index in [4.69, 9.17) is 5.73 Å². The molecule has 2 nitrogen and oxygen atoms in total. The molecular formula is C27H47NO. The highest BCUT2D eigenvalue weighted by Crippen LogP contribution is 2.15. The second-order valence-electron chi connectivity index (χ2n) is 9.11. The standard InChI is InChI=1S/C27H47NO/c1-22(2)12-9-15-25(5)18-10-16-23(3)13-7-8-14-24(4)17-11-19-26(6)20-21-27(28)29/h13-14,18-19,22H,7-12,15-17,20-21H2,1-6H3,(H2,28,29)/b23-13+,24-14+,25-18+,26-19+. The number of primary amides is 1. The first-order valence-electron chi connectivity index (χ1n) is 11.6. The van der Waals surface area contributed by atoms with Crippen molar-refractivity contribution in [2.75, 3.05) is 0 Å². The molecule has 0 fully saturated rings. The number of allylic oxidation sites excluding steroid dienone is 8. The zero-order valence-corrected chi connectivity index (χ0v) is 20.2. The fourth-order valence-electron chi connectivity index (χ4n) is 3.27. The number of hydrogen-bond acceptors (Lipinski definition) is 1. The van der Waals surface area contributed by atoms with Crippen molar-refractivity contribution < 1.29 is 4.79 Å². The van der Waals surface area contributed by atoms with Gasteiger partial charge in [-0.05, 0) is 91.4 Å². The Morgan fingerprint density at radius 1 is 0.655 bits per heavy atom. The van der Waals surface area contributed by atoms with Crippen LogP contribution in [0.1, 0.15) is 112 Å². The number of amides is 1. The van der Waals surface area contributed by atoms with Crippen molar-refractivity contribution in [1.82, 2.24) is 0 Å². The maximum absolute atomic E-state index is 10.8. The zero-order chi connectivity index (χ0) is 22.1. The van der Waals surface area contributed by atoms with E-state index in [0.29, 0.717) is 6.42 Å². The molecule has 0 atom stereocenters. The minimum Gasteiger partial charge on any atom is -0.370 e. The number of rotatable bonds is 16. The molecule has 29 heavy (non-hydrogen) atoms. The molecule has 0 aliphatic heterocycles. The molecule has 1 amide bonds. The van der Waals surface area contributed by atoms with Crippen LogP contribution in [0.2, 0.25) is 0 Å². The second-order valence-corrected chi connectivity index (χ2v) is 9.11. The highest BCUT2D eigenvalue weighted by atomic mass is 16.1. The van der Waals surface area contributed by atoms with Gasteiger partial charge in [0.2, 0.25) is 5.91 Å². The second kappa shape index (κ2) is 17.3. The lowest BCUT2D eigenvalue weighted by Crippen LogP contribution is -2.09. The minimum atomic E-state index is -0.218. The summed E-state index contributed by atoms with van der Waals surface area (Å²) < 4.78 is 0. The predicted octanol–water partition coefficient (Wildman–Crippen LogP) is 8.20. The number of unbranched alkanes of at least 4 members (excludes halogenated alkanes) is 1. The van der Waals surface area contributed by atoms with Crippen LogP contribution < -0.4 is 5.73 Å². The Labute approximate surface area is 181 Å². The van der Waals surface area contributed by atoms with Crippen molar-refractivity contribution in [3.05, 3.63) is 46.6 Å². The number of carbonyl (C=O) groups excluding carboxylic acids is 1. The summed E-state index contributed by atoms with van der Waals surface area (Å²) in [6.45, 7) is 13.4. The molecule has 0 aromatic heterocycles. The summed E-state index contributed by atoms with van der Waals surface area (Å²) in [4.78, 5) is 10.8. The smallest absolute Gasteiger partial charge is 0.217 e. The maximum atomic E-state index is 10.8. The van der Waals surface area contributed by atoms with Crippen LogP contribution in [0.25, 0.3) is 0 Å². The Balaban J connectivity index is 4.00. The van der Waals surface area contributed by atoms with Crippen LogP contribution in [0.4, 0.5) is 0 Å². The van der Waals surface area contributed by atoms with Gasteiger partial charge >= 0.3 is 0 Å². The van der Waals surface area contributed by atoms with E-state index in [0.717, 1.165) is 38.0 Å². The average molecular weight is 402 g/mol. The normalized spacial score (nSPS) is 14.0. The Morgan fingerprint density at radius 2 is 1.07 bits per heavy atom. The van der Waals surface area contributed by atoms with E-state index in [1.54, 1.807) is 5.57 Å². The van der Waals surface area contributed by atoms with Crippen LogP contribution in [0.15, 0.2) is 46.6 Å². The van der Waals surface area contributed by atoms with Gasteiger partial charge in [-0.25, -0.2) is 0 Å². The van der Waals surface area contributed by atoms with Crippen molar-refractivity contribution in [2.24, 2.45) is 11.7 Å². The minimum absolute atomic E-state index is 0.218. The van der Waals surface area contributed by atoms with Gasteiger partial charge in [0.1, 0.15) is 0 Å². The lowest BCUT2D eigenvalue weighted by atomic mass is 10.0. The molecule has 166 valence electrons. The third-order valence-electron chi connectivity index (χ3n) is 5.33. The van der Waals surface area contributed by atoms with E-state index in [1.165, 1.54) is 48.8 Å². The topological polar surface area (TPSA) is 43.1 Å². The van der Waals surface area contributed by atoms with Crippen LogP contribution in [0.3, 0.4) is 0 Å². The van der Waals surface area contributed by atoms with Crippen LogP contribution >= 0.6 is 0 Å². The van der Waals surface area contributed by atoms with Crippen molar-refractivity contribution in [1.29, 1.82) is 0 Å². The Hall–Kier alpha value is -1.57. The van der Waals surface area contributed by atoms with Crippen LogP contribution in [-0.2, 0) is 4.79 Å². The summed E-state index contributed by atoms with van der Waals surface area (Å²) in [5, 5.41) is 0. The van der Waals surface area contributed by atoms with Gasteiger partial charge < -0.3 is 5.73 Å². The van der Waals surface area contributed by atoms with E-state index in [9.17, 15) is 4.79 Å². The van der Waals surface area contributed by atoms with Crippen molar-refractivity contribution in [3.63, 3.8) is 0 Å². The summed E-state index contributed by atoms with van der Waals surface area (Å²) in [7, 11) is 0. The number of carbonyl (C=O) groups is 1. The third kappa shape index (κ3) is 19.5. The third-order valence-corrected chi connectivity index (χ3v) is 5.33. The van der Waals surface area contributed by atoms with Crippen molar-refractivity contribution in [3.8, 4) is 0 Å². The lowest BCUT2D eigenvalue weighted by molar-refractivity contribution is -0.117. The molecule has 0 spiro atoms. The zero-order valence-electron chi connectivity index (χ0n) is 20.2. The molecule has 2 N–H and O–H groups in total. The molecule has 0 aliphatic carbocycles. The molecule has 0 saturated carbocycles. The summed E-state index contributed by atoms with van der Waals surface area (Å²) in [6.07, 6.45) is 21.3. The first-order chi connectivity index (χ1) is 13.7. The Bertz CT molecular complexity index is 575. The van der Waals surface area contributed by atoms with Gasteiger partial charge in [-0.3, -0.25) is 4.79 Å². The molecule has 0 saturated heterocycles. The highest BCUT2D eigenvalue weighted by Gasteiger charge is 1.97. The van der Waals surface area contributed by atoms with E-state index in [2.05, 4.69) is 65.8 Å². The average Bonchev–Trinajstić information content (AvgIpc) is 2.63. The molecule has 2 heteroatoms. The van der Waals surface area contributed by atoms with Crippen LogP contribution in [0, 0.1) is 5.92 Å². The van der Waals surface area contributed by atoms with Crippen molar-refractivity contribution in [2.45, 2.75) is 112 Å². The van der Waals surface area contributed by atoms with Crippen LogP contribution in [0.5, 0.6) is 0 Å². The molecule has 0 bridgehead atoms. The van der Waals surface area contributed by atoms with Crippen molar-refractivity contribution >= 4 is 5.91 Å². The van der Waals surface area contributed by atoms with Gasteiger partial charge in [0.25, 0.3) is 0 Å². The molecule has 0 aliphatic rings. The quantitative estimate of drug-likeness (QED) is 0.205. The first-order valence-corrected chi connectivity index (χ1v) is 11.6. The fraction of sp³-hybridized carbons (Fsp3) is 0.667. The monoisotopic (exact) mass is 401 g/mol. The van der Waals surface area contributed by atoms with Gasteiger partial charge in [-0.2, -0.15) is 0 Å². The first kappa shape index (κ1) is 27.4. The summed E-state index contributed by atoms with van der Waals surface area (Å²) >= 11 is 0. The summed E-state index contributed by atoms with van der Waals surface area (Å²) in [5.74, 6) is 0.601. The predicted molar refractivity (Wildman–Crippen MR) is 130 cm³/mol. The molecular weight excluding hydrogens is 354 g/mol. The molecule has 0 aromatic carbocycles. The van der Waals surface area contributed by atoms with Gasteiger partial charge in [0.15, 0.2) is 0 Å². The highest BCUT2D eigenvalue weighted by molar-refractivity contribution is 5.73. The van der Waals surface area contributed by atoms with Gasteiger partial charge in [0.05, 0.1) is 0 Å². The fourth-order valence-corrected chi connectivity index (χ4v) is 3.27. The maximum Gasteiger partial charge on any atom is 0.217 e. The number of nitrogens with two attached hydrogens (primary N) is 1.